The lowest BCUT2D eigenvalue weighted by Gasteiger charge is -2.19. The van der Waals surface area contributed by atoms with E-state index in [4.69, 9.17) is 0 Å². The molecule has 0 atom stereocenters. The number of nitrogens with one attached hydrogen (secondary N) is 1. The van der Waals surface area contributed by atoms with Gasteiger partial charge < -0.3 is 10.2 Å². The third-order valence-electron chi connectivity index (χ3n) is 4.19. The van der Waals surface area contributed by atoms with Crippen LogP contribution in [0.15, 0.2) is 84.9 Å². The fourth-order valence-corrected chi connectivity index (χ4v) is 2.79. The van der Waals surface area contributed by atoms with E-state index in [1.165, 1.54) is 0 Å². The molecular weight excluding hydrogens is 308 g/mol. The van der Waals surface area contributed by atoms with Crippen molar-refractivity contribution in [3.05, 3.63) is 90.5 Å². The molecule has 0 aliphatic rings. The first kappa shape index (κ1) is 16.8. The molecule has 0 aliphatic carbocycles. The van der Waals surface area contributed by atoms with Crippen molar-refractivity contribution in [2.45, 2.75) is 0 Å². The Morgan fingerprint density at radius 3 is 2.16 bits per heavy atom. The maximum absolute atomic E-state index is 12.6. The highest BCUT2D eigenvalue weighted by molar-refractivity contribution is 6.00. The van der Waals surface area contributed by atoms with Crippen molar-refractivity contribution in [1.29, 1.82) is 0 Å². The van der Waals surface area contributed by atoms with Gasteiger partial charge in [0.05, 0.1) is 0 Å². The zero-order chi connectivity index (χ0) is 17.5. The second-order valence-corrected chi connectivity index (χ2v) is 5.92. The Morgan fingerprint density at radius 1 is 0.840 bits per heavy atom. The number of hydrogen-bond acceptors (Lipinski definition) is 2. The molecule has 1 N–H and O–H groups in total. The van der Waals surface area contributed by atoms with E-state index in [1.807, 2.05) is 79.8 Å². The molecule has 1 amide bonds. The monoisotopic (exact) mass is 330 g/mol. The first-order chi connectivity index (χ1) is 12.3. The second kappa shape index (κ2) is 8.15. The van der Waals surface area contributed by atoms with Gasteiger partial charge in [0.15, 0.2) is 0 Å². The number of carbonyl (C=O) groups is 1. The number of carbonyl (C=O) groups excluding carboxylic acids is 1. The predicted octanol–water partition coefficient (Wildman–Crippen LogP) is 4.22. The summed E-state index contributed by atoms with van der Waals surface area (Å²) in [5, 5.41) is 3.03. The number of hydrogen-bond donors (Lipinski definition) is 1. The Balaban J connectivity index is 1.64. The van der Waals surface area contributed by atoms with Crippen LogP contribution in [0.5, 0.6) is 0 Å². The maximum Gasteiger partial charge on any atom is 0.251 e. The second-order valence-electron chi connectivity index (χ2n) is 5.92. The molecule has 0 aliphatic heterocycles. The smallest absolute Gasteiger partial charge is 0.251 e. The van der Waals surface area contributed by atoms with Crippen LogP contribution < -0.4 is 10.2 Å². The van der Waals surface area contributed by atoms with E-state index in [0.717, 1.165) is 23.4 Å². The summed E-state index contributed by atoms with van der Waals surface area (Å²) >= 11 is 0. The third-order valence-corrected chi connectivity index (χ3v) is 4.19. The number of nitrogens with zero attached hydrogens (tertiary/aromatic N) is 1. The van der Waals surface area contributed by atoms with Gasteiger partial charge in [0.1, 0.15) is 0 Å². The van der Waals surface area contributed by atoms with E-state index in [2.05, 4.69) is 22.3 Å². The highest BCUT2D eigenvalue weighted by Gasteiger charge is 2.12. The van der Waals surface area contributed by atoms with Gasteiger partial charge in [-0.05, 0) is 29.3 Å². The van der Waals surface area contributed by atoms with E-state index in [9.17, 15) is 4.79 Å². The van der Waals surface area contributed by atoms with Crippen LogP contribution in [0, 0.1) is 0 Å². The molecule has 0 heterocycles. The first-order valence-electron chi connectivity index (χ1n) is 8.44. The van der Waals surface area contributed by atoms with Gasteiger partial charge in [0.25, 0.3) is 5.91 Å². The van der Waals surface area contributed by atoms with Crippen molar-refractivity contribution in [3.8, 4) is 11.1 Å². The summed E-state index contributed by atoms with van der Waals surface area (Å²) in [4.78, 5) is 14.8. The first-order valence-corrected chi connectivity index (χ1v) is 8.44. The summed E-state index contributed by atoms with van der Waals surface area (Å²) in [7, 11) is 2.03. The van der Waals surface area contributed by atoms with Gasteiger partial charge in [-0.2, -0.15) is 0 Å². The van der Waals surface area contributed by atoms with Gasteiger partial charge in [-0.25, -0.2) is 0 Å². The van der Waals surface area contributed by atoms with Crippen LogP contribution >= 0.6 is 0 Å². The summed E-state index contributed by atoms with van der Waals surface area (Å²) in [5.74, 6) is -0.0408. The lowest BCUT2D eigenvalue weighted by molar-refractivity contribution is 0.0955. The van der Waals surface area contributed by atoms with Gasteiger partial charge in [-0.1, -0.05) is 66.7 Å². The molecule has 0 saturated heterocycles. The zero-order valence-corrected chi connectivity index (χ0v) is 14.4. The summed E-state index contributed by atoms with van der Waals surface area (Å²) in [5.41, 5.74) is 3.85. The molecule has 0 radical (unpaired) electrons. The highest BCUT2D eigenvalue weighted by atomic mass is 16.1. The van der Waals surface area contributed by atoms with Crippen molar-refractivity contribution in [2.24, 2.45) is 0 Å². The number of amides is 1. The molecule has 3 heteroatoms. The average Bonchev–Trinajstić information content (AvgIpc) is 2.69. The van der Waals surface area contributed by atoms with Crippen LogP contribution in [0.3, 0.4) is 0 Å². The third kappa shape index (κ3) is 4.27. The van der Waals surface area contributed by atoms with Crippen LogP contribution in [0.4, 0.5) is 5.69 Å². The number of benzene rings is 3. The van der Waals surface area contributed by atoms with Gasteiger partial charge >= 0.3 is 0 Å². The lowest BCUT2D eigenvalue weighted by atomic mass is 9.99. The Labute approximate surface area is 148 Å². The standard InChI is InChI=1S/C22H22N2O/c1-24(19-12-6-3-7-13-19)17-16-23-22(25)21-15-9-8-14-20(21)18-10-4-2-5-11-18/h2-15H,16-17H2,1H3,(H,23,25). The summed E-state index contributed by atoms with van der Waals surface area (Å²) in [6, 6.07) is 27.9. The van der Waals surface area contributed by atoms with Crippen LogP contribution in [0.2, 0.25) is 0 Å². The highest BCUT2D eigenvalue weighted by Crippen LogP contribution is 2.23. The molecule has 0 saturated carbocycles. The van der Waals surface area contributed by atoms with E-state index in [-0.39, 0.29) is 5.91 Å². The van der Waals surface area contributed by atoms with Crippen LogP contribution in [0.25, 0.3) is 11.1 Å². The SMILES string of the molecule is CN(CCNC(=O)c1ccccc1-c1ccccc1)c1ccccc1. The normalized spacial score (nSPS) is 10.3. The quantitative estimate of drug-likeness (QED) is 0.734. The number of likely N-dealkylation sites (N-methyl/N-ethyl adjacent to an activating group) is 1. The Bertz CT molecular complexity index is 816. The van der Waals surface area contributed by atoms with Gasteiger partial charge in [-0.15, -0.1) is 0 Å². The summed E-state index contributed by atoms with van der Waals surface area (Å²) in [6.45, 7) is 1.34. The fourth-order valence-electron chi connectivity index (χ4n) is 2.79. The van der Waals surface area contributed by atoms with E-state index in [1.54, 1.807) is 0 Å². The molecule has 0 unspecified atom stereocenters. The van der Waals surface area contributed by atoms with Crippen molar-refractivity contribution in [3.63, 3.8) is 0 Å². The molecule has 3 nitrogen and oxygen atoms in total. The number of para-hydroxylation sites is 1. The molecule has 3 rings (SSSR count). The van der Waals surface area contributed by atoms with Crippen molar-refractivity contribution >= 4 is 11.6 Å². The minimum absolute atomic E-state index is 0.0408. The Hall–Kier alpha value is -3.07. The maximum atomic E-state index is 12.6. The molecule has 3 aromatic rings. The van der Waals surface area contributed by atoms with Crippen LogP contribution in [-0.2, 0) is 0 Å². The largest absolute Gasteiger partial charge is 0.373 e. The van der Waals surface area contributed by atoms with Crippen molar-refractivity contribution in [2.75, 3.05) is 25.0 Å². The number of rotatable bonds is 6. The van der Waals surface area contributed by atoms with Crippen molar-refractivity contribution in [1.82, 2.24) is 5.32 Å². The van der Waals surface area contributed by atoms with E-state index < -0.39 is 0 Å². The van der Waals surface area contributed by atoms with Crippen LogP contribution in [0.1, 0.15) is 10.4 Å². The van der Waals surface area contributed by atoms with E-state index in [0.29, 0.717) is 12.1 Å². The van der Waals surface area contributed by atoms with E-state index >= 15 is 0 Å². The molecule has 0 bridgehead atoms. The van der Waals surface area contributed by atoms with Crippen molar-refractivity contribution < 1.29 is 4.79 Å². The minimum atomic E-state index is -0.0408. The average molecular weight is 330 g/mol. The van der Waals surface area contributed by atoms with Gasteiger partial charge in [-0.3, -0.25) is 4.79 Å². The molecule has 126 valence electrons. The Kier molecular flexibility index (Phi) is 5.47. The lowest BCUT2D eigenvalue weighted by Crippen LogP contribution is -2.33. The molecule has 0 spiro atoms. The topological polar surface area (TPSA) is 32.3 Å². The van der Waals surface area contributed by atoms with Gasteiger partial charge in [0, 0.05) is 31.4 Å². The molecule has 25 heavy (non-hydrogen) atoms. The number of anilines is 1. The zero-order valence-electron chi connectivity index (χ0n) is 14.4. The molecule has 0 aromatic heterocycles. The van der Waals surface area contributed by atoms with Gasteiger partial charge in [0.2, 0.25) is 0 Å². The minimum Gasteiger partial charge on any atom is -0.373 e. The summed E-state index contributed by atoms with van der Waals surface area (Å²) in [6.07, 6.45) is 0. The fraction of sp³-hybridized carbons (Fsp3) is 0.136. The Morgan fingerprint density at radius 2 is 1.44 bits per heavy atom. The van der Waals surface area contributed by atoms with Crippen LogP contribution in [-0.4, -0.2) is 26.0 Å². The molecule has 0 fully saturated rings. The summed E-state index contributed by atoms with van der Waals surface area (Å²) < 4.78 is 0. The molecular formula is C22H22N2O. The molecule has 3 aromatic carbocycles. The predicted molar refractivity (Wildman–Crippen MR) is 104 cm³/mol.